The lowest BCUT2D eigenvalue weighted by Gasteiger charge is -2.24. The van der Waals surface area contributed by atoms with Gasteiger partial charge in [0.25, 0.3) is 0 Å². The molecule has 0 heterocycles. The first-order valence-corrected chi connectivity index (χ1v) is 6.33. The van der Waals surface area contributed by atoms with Crippen LogP contribution < -0.4 is 16.2 Å². The van der Waals surface area contributed by atoms with E-state index in [0.717, 1.165) is 0 Å². The number of hydrazine groups is 1. The molecular formula is C14H25N3. The van der Waals surface area contributed by atoms with E-state index in [1.54, 1.807) is 0 Å². The average Bonchev–Trinajstić information content (AvgIpc) is 2.30. The fraction of sp³-hybridized carbons (Fsp3) is 0.571. The Kier molecular flexibility index (Phi) is 5.45. The number of nitrogens with zero attached hydrogens (tertiary/aromatic N) is 1. The third kappa shape index (κ3) is 3.72. The van der Waals surface area contributed by atoms with Crippen LogP contribution in [0.5, 0.6) is 0 Å². The Morgan fingerprint density at radius 2 is 2.06 bits per heavy atom. The highest BCUT2D eigenvalue weighted by atomic mass is 15.2. The van der Waals surface area contributed by atoms with E-state index in [2.05, 4.69) is 62.5 Å². The summed E-state index contributed by atoms with van der Waals surface area (Å²) in [5.74, 6) is 6.24. The molecule has 0 bridgehead atoms. The van der Waals surface area contributed by atoms with E-state index >= 15 is 0 Å². The van der Waals surface area contributed by atoms with E-state index in [1.165, 1.54) is 24.1 Å². The number of benzene rings is 1. The SMILES string of the molecule is CCCC(C)C(NN)c1cccc(N(C)C)c1. The summed E-state index contributed by atoms with van der Waals surface area (Å²) in [6, 6.07) is 8.78. The Morgan fingerprint density at radius 1 is 1.35 bits per heavy atom. The zero-order valence-corrected chi connectivity index (χ0v) is 11.4. The molecule has 0 saturated heterocycles. The number of hydrogen-bond acceptors (Lipinski definition) is 3. The molecule has 0 fully saturated rings. The van der Waals surface area contributed by atoms with Crippen LogP contribution >= 0.6 is 0 Å². The molecule has 0 saturated carbocycles. The molecule has 0 aliphatic rings. The zero-order valence-electron chi connectivity index (χ0n) is 11.4. The van der Waals surface area contributed by atoms with Gasteiger partial charge in [-0.1, -0.05) is 32.4 Å². The summed E-state index contributed by atoms with van der Waals surface area (Å²) in [6.45, 7) is 4.46. The first-order valence-electron chi connectivity index (χ1n) is 6.33. The lowest BCUT2D eigenvalue weighted by Crippen LogP contribution is -2.32. The molecular weight excluding hydrogens is 210 g/mol. The van der Waals surface area contributed by atoms with Gasteiger partial charge in [0.1, 0.15) is 0 Å². The normalized spacial score (nSPS) is 14.4. The van der Waals surface area contributed by atoms with Crippen LogP contribution in [0.25, 0.3) is 0 Å². The minimum absolute atomic E-state index is 0.231. The van der Waals surface area contributed by atoms with Crippen LogP contribution in [0.1, 0.15) is 38.3 Å². The highest BCUT2D eigenvalue weighted by Crippen LogP contribution is 2.27. The fourth-order valence-corrected chi connectivity index (χ4v) is 2.21. The molecule has 0 aliphatic carbocycles. The molecule has 0 amide bonds. The quantitative estimate of drug-likeness (QED) is 0.588. The van der Waals surface area contributed by atoms with E-state index in [9.17, 15) is 0 Å². The summed E-state index contributed by atoms with van der Waals surface area (Å²) in [5, 5.41) is 0. The second-order valence-corrected chi connectivity index (χ2v) is 4.90. The van der Waals surface area contributed by atoms with Gasteiger partial charge in [0.05, 0.1) is 0 Å². The predicted molar refractivity (Wildman–Crippen MR) is 74.9 cm³/mol. The second kappa shape index (κ2) is 6.62. The summed E-state index contributed by atoms with van der Waals surface area (Å²) in [4.78, 5) is 2.11. The van der Waals surface area contributed by atoms with Crippen molar-refractivity contribution in [1.29, 1.82) is 0 Å². The van der Waals surface area contributed by atoms with Crippen molar-refractivity contribution >= 4 is 5.69 Å². The third-order valence-electron chi connectivity index (χ3n) is 3.24. The molecule has 1 rings (SSSR count). The standard InChI is InChI=1S/C14H25N3/c1-5-7-11(2)14(16-15)12-8-6-9-13(10-12)17(3)4/h6,8-11,14,16H,5,7,15H2,1-4H3. The van der Waals surface area contributed by atoms with Gasteiger partial charge in [-0.2, -0.15) is 0 Å². The van der Waals surface area contributed by atoms with Crippen molar-refractivity contribution in [3.8, 4) is 0 Å². The van der Waals surface area contributed by atoms with Crippen molar-refractivity contribution in [2.45, 2.75) is 32.7 Å². The van der Waals surface area contributed by atoms with Gasteiger partial charge < -0.3 is 4.90 Å². The van der Waals surface area contributed by atoms with E-state index in [-0.39, 0.29) is 6.04 Å². The van der Waals surface area contributed by atoms with Crippen LogP contribution in [-0.4, -0.2) is 14.1 Å². The van der Waals surface area contributed by atoms with Crippen molar-refractivity contribution in [2.75, 3.05) is 19.0 Å². The number of hydrogen-bond donors (Lipinski definition) is 2. The summed E-state index contributed by atoms with van der Waals surface area (Å²) in [5.41, 5.74) is 5.43. The zero-order chi connectivity index (χ0) is 12.8. The van der Waals surface area contributed by atoms with Gasteiger partial charge in [-0.05, 0) is 30.0 Å². The molecule has 2 atom stereocenters. The van der Waals surface area contributed by atoms with Gasteiger partial charge in [-0.3, -0.25) is 11.3 Å². The molecule has 1 aromatic rings. The van der Waals surface area contributed by atoms with Gasteiger partial charge in [-0.15, -0.1) is 0 Å². The van der Waals surface area contributed by atoms with Crippen LogP contribution in [0.4, 0.5) is 5.69 Å². The second-order valence-electron chi connectivity index (χ2n) is 4.90. The number of anilines is 1. The van der Waals surface area contributed by atoms with Crippen molar-refractivity contribution in [1.82, 2.24) is 5.43 Å². The van der Waals surface area contributed by atoms with E-state index < -0.39 is 0 Å². The molecule has 3 nitrogen and oxygen atoms in total. The van der Waals surface area contributed by atoms with Crippen LogP contribution in [-0.2, 0) is 0 Å². The molecule has 3 heteroatoms. The third-order valence-corrected chi connectivity index (χ3v) is 3.24. The minimum Gasteiger partial charge on any atom is -0.378 e. The summed E-state index contributed by atoms with van der Waals surface area (Å²) >= 11 is 0. The molecule has 0 aromatic heterocycles. The van der Waals surface area contributed by atoms with Crippen LogP contribution in [0.15, 0.2) is 24.3 Å². The highest BCUT2D eigenvalue weighted by molar-refractivity contribution is 5.47. The topological polar surface area (TPSA) is 41.3 Å². The van der Waals surface area contributed by atoms with Gasteiger partial charge in [-0.25, -0.2) is 0 Å². The Balaban J connectivity index is 2.91. The summed E-state index contributed by atoms with van der Waals surface area (Å²) in [6.07, 6.45) is 2.37. The van der Waals surface area contributed by atoms with Crippen molar-refractivity contribution in [3.05, 3.63) is 29.8 Å². The number of rotatable bonds is 6. The lowest BCUT2D eigenvalue weighted by atomic mass is 9.91. The molecule has 0 aliphatic heterocycles. The Labute approximate surface area is 105 Å². The highest BCUT2D eigenvalue weighted by Gasteiger charge is 2.17. The van der Waals surface area contributed by atoms with E-state index in [4.69, 9.17) is 5.84 Å². The first kappa shape index (κ1) is 14.0. The van der Waals surface area contributed by atoms with Crippen molar-refractivity contribution < 1.29 is 0 Å². The van der Waals surface area contributed by atoms with Crippen molar-refractivity contribution in [3.63, 3.8) is 0 Å². The molecule has 2 unspecified atom stereocenters. The van der Waals surface area contributed by atoms with Crippen LogP contribution in [0.3, 0.4) is 0 Å². The van der Waals surface area contributed by atoms with E-state index in [0.29, 0.717) is 5.92 Å². The number of nitrogens with two attached hydrogens (primary N) is 1. The maximum Gasteiger partial charge on any atom is 0.0486 e. The smallest absolute Gasteiger partial charge is 0.0486 e. The van der Waals surface area contributed by atoms with Gasteiger partial charge in [0.15, 0.2) is 0 Å². The molecule has 0 spiro atoms. The van der Waals surface area contributed by atoms with Gasteiger partial charge in [0, 0.05) is 25.8 Å². The predicted octanol–water partition coefficient (Wildman–Crippen LogP) is 2.69. The fourth-order valence-electron chi connectivity index (χ4n) is 2.21. The maximum absolute atomic E-state index is 5.70. The van der Waals surface area contributed by atoms with Crippen molar-refractivity contribution in [2.24, 2.45) is 11.8 Å². The molecule has 3 N–H and O–H groups in total. The average molecular weight is 235 g/mol. The van der Waals surface area contributed by atoms with Crippen LogP contribution in [0, 0.1) is 5.92 Å². The minimum atomic E-state index is 0.231. The summed E-state index contributed by atoms with van der Waals surface area (Å²) < 4.78 is 0. The first-order chi connectivity index (χ1) is 8.10. The molecule has 1 aromatic carbocycles. The molecule has 17 heavy (non-hydrogen) atoms. The monoisotopic (exact) mass is 235 g/mol. The Hall–Kier alpha value is -1.06. The van der Waals surface area contributed by atoms with Gasteiger partial charge in [0.2, 0.25) is 0 Å². The largest absolute Gasteiger partial charge is 0.378 e. The molecule has 0 radical (unpaired) electrons. The Bertz CT molecular complexity index is 336. The Morgan fingerprint density at radius 3 is 2.59 bits per heavy atom. The summed E-state index contributed by atoms with van der Waals surface area (Å²) in [7, 11) is 4.11. The van der Waals surface area contributed by atoms with Gasteiger partial charge >= 0.3 is 0 Å². The maximum atomic E-state index is 5.70. The number of nitrogens with one attached hydrogen (secondary N) is 1. The molecule has 96 valence electrons. The van der Waals surface area contributed by atoms with Crippen LogP contribution in [0.2, 0.25) is 0 Å². The van der Waals surface area contributed by atoms with E-state index in [1.807, 2.05) is 0 Å². The lowest BCUT2D eigenvalue weighted by molar-refractivity contribution is 0.368.